The highest BCUT2D eigenvalue weighted by Gasteiger charge is 2.20. The molecule has 100 valence electrons. The third-order valence-corrected chi connectivity index (χ3v) is 5.39. The van der Waals surface area contributed by atoms with Crippen LogP contribution in [0.1, 0.15) is 11.1 Å². The van der Waals surface area contributed by atoms with Crippen molar-refractivity contribution >= 4 is 32.4 Å². The van der Waals surface area contributed by atoms with Crippen molar-refractivity contribution in [3.05, 3.63) is 57.2 Å². The molecule has 5 heteroatoms. The van der Waals surface area contributed by atoms with E-state index in [1.807, 2.05) is 6.92 Å². The van der Waals surface area contributed by atoms with Crippen molar-refractivity contribution in [2.45, 2.75) is 23.3 Å². The molecule has 0 fully saturated rings. The molecule has 0 aliphatic carbocycles. The summed E-state index contributed by atoms with van der Waals surface area (Å²) in [6.45, 7) is 1.57. The lowest BCUT2D eigenvalue weighted by Gasteiger charge is -2.10. The van der Waals surface area contributed by atoms with Crippen LogP contribution in [0.5, 0.6) is 0 Å². The van der Waals surface area contributed by atoms with Crippen LogP contribution in [0.15, 0.2) is 52.3 Å². The SMILES string of the molecule is Cc1ccc(S(=O)(=O)c2ccc(I)cc2)c(CO)c1. The van der Waals surface area contributed by atoms with E-state index >= 15 is 0 Å². The Morgan fingerprint density at radius 1 is 1.11 bits per heavy atom. The van der Waals surface area contributed by atoms with E-state index in [-0.39, 0.29) is 16.4 Å². The zero-order valence-corrected chi connectivity index (χ0v) is 13.3. The fourth-order valence-corrected chi connectivity index (χ4v) is 3.66. The minimum atomic E-state index is -3.58. The standard InChI is InChI=1S/C14H13IO3S/c1-10-2-7-14(11(8-10)9-16)19(17,18)13-5-3-12(15)4-6-13/h2-8,16H,9H2,1H3. The fourth-order valence-electron chi connectivity index (χ4n) is 1.83. The van der Waals surface area contributed by atoms with Crippen LogP contribution in [0.25, 0.3) is 0 Å². The zero-order valence-electron chi connectivity index (χ0n) is 10.3. The van der Waals surface area contributed by atoms with Crippen molar-refractivity contribution in [3.63, 3.8) is 0 Å². The van der Waals surface area contributed by atoms with E-state index in [0.29, 0.717) is 5.56 Å². The van der Waals surface area contributed by atoms with Gasteiger partial charge in [-0.15, -0.1) is 0 Å². The van der Waals surface area contributed by atoms with Crippen molar-refractivity contribution < 1.29 is 13.5 Å². The van der Waals surface area contributed by atoms with Crippen molar-refractivity contribution in [1.29, 1.82) is 0 Å². The van der Waals surface area contributed by atoms with Crippen LogP contribution in [0.3, 0.4) is 0 Å². The van der Waals surface area contributed by atoms with Crippen LogP contribution < -0.4 is 0 Å². The molecule has 0 amide bonds. The van der Waals surface area contributed by atoms with Crippen LogP contribution in [0, 0.1) is 10.5 Å². The molecule has 2 rings (SSSR count). The molecule has 19 heavy (non-hydrogen) atoms. The van der Waals surface area contributed by atoms with Crippen LogP contribution in [-0.2, 0) is 16.4 Å². The molecule has 0 radical (unpaired) electrons. The van der Waals surface area contributed by atoms with Gasteiger partial charge in [-0.25, -0.2) is 8.42 Å². The second-order valence-corrected chi connectivity index (χ2v) is 7.39. The normalized spacial score (nSPS) is 11.5. The molecule has 1 N–H and O–H groups in total. The molecule has 0 aliphatic heterocycles. The maximum atomic E-state index is 12.5. The topological polar surface area (TPSA) is 54.4 Å². The minimum Gasteiger partial charge on any atom is -0.392 e. The molecular formula is C14H13IO3S. The number of aliphatic hydroxyl groups is 1. The highest BCUT2D eigenvalue weighted by atomic mass is 127. The monoisotopic (exact) mass is 388 g/mol. The van der Waals surface area contributed by atoms with Gasteiger partial charge in [0.15, 0.2) is 0 Å². The summed E-state index contributed by atoms with van der Waals surface area (Å²) in [6, 6.07) is 11.6. The highest BCUT2D eigenvalue weighted by Crippen LogP contribution is 2.25. The molecule has 0 bridgehead atoms. The third-order valence-electron chi connectivity index (χ3n) is 2.80. The first-order chi connectivity index (χ1) is 8.95. The van der Waals surface area contributed by atoms with E-state index in [2.05, 4.69) is 22.6 Å². The number of aliphatic hydroxyl groups excluding tert-OH is 1. The Morgan fingerprint density at radius 3 is 2.32 bits per heavy atom. The Hall–Kier alpha value is -0.920. The largest absolute Gasteiger partial charge is 0.392 e. The molecule has 0 atom stereocenters. The summed E-state index contributed by atoms with van der Waals surface area (Å²) in [5.41, 5.74) is 1.35. The Bertz CT molecular complexity index is 691. The summed E-state index contributed by atoms with van der Waals surface area (Å²) in [6.07, 6.45) is 0. The molecule has 0 aliphatic rings. The Kier molecular flexibility index (Phi) is 4.27. The summed E-state index contributed by atoms with van der Waals surface area (Å²) in [5, 5.41) is 9.33. The number of halogens is 1. The van der Waals surface area contributed by atoms with Crippen LogP contribution >= 0.6 is 22.6 Å². The second-order valence-electron chi connectivity index (χ2n) is 4.23. The Balaban J connectivity index is 2.59. The number of benzene rings is 2. The number of sulfone groups is 1. The molecule has 3 nitrogen and oxygen atoms in total. The first kappa shape index (κ1) is 14.5. The molecular weight excluding hydrogens is 375 g/mol. The maximum absolute atomic E-state index is 12.5. The van der Waals surface area contributed by atoms with Gasteiger partial charge in [-0.1, -0.05) is 17.7 Å². The second kappa shape index (κ2) is 5.60. The van der Waals surface area contributed by atoms with E-state index in [0.717, 1.165) is 9.13 Å². The third kappa shape index (κ3) is 2.98. The summed E-state index contributed by atoms with van der Waals surface area (Å²) in [7, 11) is -3.58. The van der Waals surface area contributed by atoms with Gasteiger partial charge in [0.25, 0.3) is 0 Å². The average Bonchev–Trinajstić information content (AvgIpc) is 2.38. The van der Waals surface area contributed by atoms with Gasteiger partial charge in [0, 0.05) is 3.57 Å². The summed E-state index contributed by atoms with van der Waals surface area (Å²) < 4.78 is 26.0. The van der Waals surface area contributed by atoms with Gasteiger partial charge >= 0.3 is 0 Å². The molecule has 2 aromatic carbocycles. The van der Waals surface area contributed by atoms with Crippen molar-refractivity contribution in [2.75, 3.05) is 0 Å². The highest BCUT2D eigenvalue weighted by molar-refractivity contribution is 14.1. The fraction of sp³-hybridized carbons (Fsp3) is 0.143. The van der Waals surface area contributed by atoms with E-state index in [9.17, 15) is 13.5 Å². The lowest BCUT2D eigenvalue weighted by Crippen LogP contribution is -2.06. The van der Waals surface area contributed by atoms with E-state index < -0.39 is 9.84 Å². The summed E-state index contributed by atoms with van der Waals surface area (Å²) in [5.74, 6) is 0. The maximum Gasteiger partial charge on any atom is 0.206 e. The van der Waals surface area contributed by atoms with Crippen molar-refractivity contribution in [2.24, 2.45) is 0 Å². The van der Waals surface area contributed by atoms with Crippen LogP contribution in [0.4, 0.5) is 0 Å². The predicted molar refractivity (Wildman–Crippen MR) is 81.7 cm³/mol. The first-order valence-corrected chi connectivity index (χ1v) is 8.22. The number of aryl methyl sites for hydroxylation is 1. The number of hydrogen-bond donors (Lipinski definition) is 1. The summed E-state index contributed by atoms with van der Waals surface area (Å²) in [4.78, 5) is 0.410. The van der Waals surface area contributed by atoms with E-state index in [1.165, 1.54) is 0 Å². The lowest BCUT2D eigenvalue weighted by atomic mass is 10.1. The predicted octanol–water partition coefficient (Wildman–Crippen LogP) is 2.92. The molecule has 0 aromatic heterocycles. The smallest absolute Gasteiger partial charge is 0.206 e. The van der Waals surface area contributed by atoms with Gasteiger partial charge in [-0.05, 0) is 65.4 Å². The molecule has 0 saturated carbocycles. The van der Waals surface area contributed by atoms with Crippen LogP contribution in [0.2, 0.25) is 0 Å². The molecule has 0 heterocycles. The van der Waals surface area contributed by atoms with Crippen molar-refractivity contribution in [1.82, 2.24) is 0 Å². The molecule has 2 aromatic rings. The average molecular weight is 388 g/mol. The van der Waals surface area contributed by atoms with Gasteiger partial charge in [0.05, 0.1) is 16.4 Å². The van der Waals surface area contributed by atoms with Crippen molar-refractivity contribution in [3.8, 4) is 0 Å². The van der Waals surface area contributed by atoms with E-state index in [1.54, 1.807) is 42.5 Å². The van der Waals surface area contributed by atoms with Gasteiger partial charge < -0.3 is 5.11 Å². The van der Waals surface area contributed by atoms with Gasteiger partial charge in [-0.2, -0.15) is 0 Å². The first-order valence-electron chi connectivity index (χ1n) is 5.66. The van der Waals surface area contributed by atoms with Crippen LogP contribution in [-0.4, -0.2) is 13.5 Å². The lowest BCUT2D eigenvalue weighted by molar-refractivity contribution is 0.278. The quantitative estimate of drug-likeness (QED) is 0.823. The van der Waals surface area contributed by atoms with Gasteiger partial charge in [-0.3, -0.25) is 0 Å². The molecule has 0 spiro atoms. The summed E-state index contributed by atoms with van der Waals surface area (Å²) >= 11 is 2.12. The van der Waals surface area contributed by atoms with Gasteiger partial charge in [0.2, 0.25) is 9.84 Å². The zero-order chi connectivity index (χ0) is 14.0. The minimum absolute atomic E-state index is 0.168. The number of hydrogen-bond acceptors (Lipinski definition) is 3. The number of rotatable bonds is 3. The molecule has 0 unspecified atom stereocenters. The Morgan fingerprint density at radius 2 is 1.74 bits per heavy atom. The van der Waals surface area contributed by atoms with E-state index in [4.69, 9.17) is 0 Å². The Labute approximate surface area is 126 Å². The van der Waals surface area contributed by atoms with Gasteiger partial charge in [0.1, 0.15) is 0 Å². The molecule has 0 saturated heterocycles.